The minimum atomic E-state index is -0.713. The minimum Gasteiger partial charge on any atom is -0.481 e. The van der Waals surface area contributed by atoms with Gasteiger partial charge in [0.05, 0.1) is 0 Å². The molecule has 2 rings (SSSR count). The maximum atomic E-state index is 12.1. The van der Waals surface area contributed by atoms with Gasteiger partial charge in [0.25, 0.3) is 0 Å². The molecule has 0 spiro atoms. The Morgan fingerprint density at radius 2 is 1.68 bits per heavy atom. The first-order valence-corrected chi connectivity index (χ1v) is 7.25. The number of carboxylic acids is 1. The van der Waals surface area contributed by atoms with Crippen molar-refractivity contribution in [3.63, 3.8) is 0 Å². The molecule has 0 unspecified atom stereocenters. The Bertz CT molecular complexity index is 317. The Morgan fingerprint density at radius 1 is 1.05 bits per heavy atom. The molecule has 1 aliphatic heterocycles. The van der Waals surface area contributed by atoms with Gasteiger partial charge in [0.1, 0.15) is 0 Å². The van der Waals surface area contributed by atoms with E-state index in [4.69, 9.17) is 9.84 Å². The summed E-state index contributed by atoms with van der Waals surface area (Å²) in [5.74, 6) is -0.168. The Hall–Kier alpha value is -1.10. The summed E-state index contributed by atoms with van der Waals surface area (Å²) in [5.41, 5.74) is 0. The lowest BCUT2D eigenvalue weighted by Gasteiger charge is -2.30. The van der Waals surface area contributed by atoms with Crippen molar-refractivity contribution in [2.75, 3.05) is 13.2 Å². The van der Waals surface area contributed by atoms with Crippen LogP contribution in [0.5, 0.6) is 0 Å². The maximum Gasteiger partial charge on any atom is 0.303 e. The number of hydrogen-bond acceptors (Lipinski definition) is 3. The molecule has 19 heavy (non-hydrogen) atoms. The van der Waals surface area contributed by atoms with Crippen LogP contribution < -0.4 is 5.32 Å². The van der Waals surface area contributed by atoms with Crippen molar-refractivity contribution in [2.24, 2.45) is 11.8 Å². The van der Waals surface area contributed by atoms with Crippen LogP contribution in [0.4, 0.5) is 0 Å². The van der Waals surface area contributed by atoms with Gasteiger partial charge in [-0.3, -0.25) is 9.59 Å². The molecule has 0 radical (unpaired) electrons. The number of amides is 1. The van der Waals surface area contributed by atoms with Gasteiger partial charge in [0.15, 0.2) is 0 Å². The fourth-order valence-corrected chi connectivity index (χ4v) is 3.04. The molecule has 108 valence electrons. The van der Waals surface area contributed by atoms with Crippen LogP contribution in [-0.2, 0) is 14.3 Å². The van der Waals surface area contributed by atoms with Gasteiger partial charge >= 0.3 is 5.97 Å². The van der Waals surface area contributed by atoms with Gasteiger partial charge in [-0.1, -0.05) is 0 Å². The average molecular weight is 269 g/mol. The molecule has 1 amide bonds. The van der Waals surface area contributed by atoms with Gasteiger partial charge in [-0.2, -0.15) is 0 Å². The van der Waals surface area contributed by atoms with Crippen LogP contribution in [0, 0.1) is 11.8 Å². The summed E-state index contributed by atoms with van der Waals surface area (Å²) >= 11 is 0. The van der Waals surface area contributed by atoms with Crippen molar-refractivity contribution in [3.8, 4) is 0 Å². The third-order valence-corrected chi connectivity index (χ3v) is 4.25. The quantitative estimate of drug-likeness (QED) is 0.812. The van der Waals surface area contributed by atoms with E-state index in [0.29, 0.717) is 13.2 Å². The van der Waals surface area contributed by atoms with Crippen LogP contribution in [0.2, 0.25) is 0 Å². The number of carboxylic acid groups (broad SMARTS) is 1. The van der Waals surface area contributed by atoms with Gasteiger partial charge in [0, 0.05) is 31.6 Å². The first kappa shape index (κ1) is 14.3. The normalized spacial score (nSPS) is 28.8. The summed E-state index contributed by atoms with van der Waals surface area (Å²) < 4.78 is 5.26. The van der Waals surface area contributed by atoms with E-state index in [2.05, 4.69) is 5.32 Å². The van der Waals surface area contributed by atoms with E-state index in [1.807, 2.05) is 0 Å². The zero-order valence-corrected chi connectivity index (χ0v) is 11.3. The highest BCUT2D eigenvalue weighted by Gasteiger charge is 2.27. The van der Waals surface area contributed by atoms with Gasteiger partial charge in [0.2, 0.25) is 5.91 Å². The van der Waals surface area contributed by atoms with Crippen molar-refractivity contribution in [1.82, 2.24) is 5.32 Å². The van der Waals surface area contributed by atoms with Crippen LogP contribution in [0.25, 0.3) is 0 Å². The Labute approximate surface area is 113 Å². The van der Waals surface area contributed by atoms with Gasteiger partial charge in [-0.15, -0.1) is 0 Å². The largest absolute Gasteiger partial charge is 0.481 e. The third-order valence-electron chi connectivity index (χ3n) is 4.25. The number of rotatable bonds is 4. The second-order valence-corrected chi connectivity index (χ2v) is 5.71. The number of carbonyl (C=O) groups excluding carboxylic acids is 1. The molecule has 0 bridgehead atoms. The summed E-state index contributed by atoms with van der Waals surface area (Å²) in [7, 11) is 0. The Balaban J connectivity index is 1.69. The third kappa shape index (κ3) is 4.49. The van der Waals surface area contributed by atoms with Crippen molar-refractivity contribution in [3.05, 3.63) is 0 Å². The second kappa shape index (κ2) is 6.89. The summed E-state index contributed by atoms with van der Waals surface area (Å²) in [6.07, 6.45) is 5.54. The van der Waals surface area contributed by atoms with Crippen LogP contribution in [0.15, 0.2) is 0 Å². The van der Waals surface area contributed by atoms with E-state index in [9.17, 15) is 9.59 Å². The van der Waals surface area contributed by atoms with Crippen molar-refractivity contribution in [2.45, 2.75) is 51.0 Å². The monoisotopic (exact) mass is 269 g/mol. The fraction of sp³-hybridized carbons (Fsp3) is 0.857. The SMILES string of the molecule is O=C(O)CC1CCC(NC(=O)C2CCOCC2)CC1. The summed E-state index contributed by atoms with van der Waals surface area (Å²) in [4.78, 5) is 22.7. The van der Waals surface area contributed by atoms with Gasteiger partial charge < -0.3 is 15.2 Å². The average Bonchev–Trinajstić information content (AvgIpc) is 2.41. The summed E-state index contributed by atoms with van der Waals surface area (Å²) in [6, 6.07) is 0.236. The molecule has 1 heterocycles. The zero-order chi connectivity index (χ0) is 13.7. The number of carbonyl (C=O) groups is 2. The second-order valence-electron chi connectivity index (χ2n) is 5.71. The first-order valence-electron chi connectivity index (χ1n) is 7.25. The molecule has 0 aromatic heterocycles. The van der Waals surface area contributed by atoms with Crippen LogP contribution >= 0.6 is 0 Å². The van der Waals surface area contributed by atoms with E-state index < -0.39 is 5.97 Å². The number of nitrogens with one attached hydrogen (secondary N) is 1. The molecule has 5 nitrogen and oxygen atoms in total. The van der Waals surface area contributed by atoms with E-state index in [1.165, 1.54) is 0 Å². The molecule has 0 atom stereocenters. The van der Waals surface area contributed by atoms with Crippen LogP contribution in [0.3, 0.4) is 0 Å². The van der Waals surface area contributed by atoms with E-state index in [1.54, 1.807) is 0 Å². The molecule has 1 saturated heterocycles. The molecule has 2 N–H and O–H groups in total. The summed E-state index contributed by atoms with van der Waals surface area (Å²) in [6.45, 7) is 1.37. The number of ether oxygens (including phenoxy) is 1. The molecular weight excluding hydrogens is 246 g/mol. The van der Waals surface area contributed by atoms with Gasteiger partial charge in [-0.05, 0) is 44.4 Å². The first-order chi connectivity index (χ1) is 9.15. The number of aliphatic carboxylic acids is 1. The molecular formula is C14H23NO4. The molecule has 0 aromatic carbocycles. The van der Waals surface area contributed by atoms with Crippen molar-refractivity contribution >= 4 is 11.9 Å². The topological polar surface area (TPSA) is 75.6 Å². The van der Waals surface area contributed by atoms with Crippen LogP contribution in [-0.4, -0.2) is 36.2 Å². The maximum absolute atomic E-state index is 12.1. The molecule has 5 heteroatoms. The lowest BCUT2D eigenvalue weighted by molar-refractivity contribution is -0.138. The summed E-state index contributed by atoms with van der Waals surface area (Å²) in [5, 5.41) is 11.9. The molecule has 0 aromatic rings. The van der Waals surface area contributed by atoms with Crippen LogP contribution in [0.1, 0.15) is 44.9 Å². The number of hydrogen-bond donors (Lipinski definition) is 2. The highest BCUT2D eigenvalue weighted by atomic mass is 16.5. The van der Waals surface area contributed by atoms with Crippen molar-refractivity contribution < 1.29 is 19.4 Å². The van der Waals surface area contributed by atoms with E-state index in [-0.39, 0.29) is 30.2 Å². The lowest BCUT2D eigenvalue weighted by Crippen LogP contribution is -2.42. The smallest absolute Gasteiger partial charge is 0.303 e. The molecule has 2 fully saturated rings. The molecule has 1 aliphatic carbocycles. The predicted octanol–water partition coefficient (Wildman–Crippen LogP) is 1.56. The Kier molecular flexibility index (Phi) is 5.19. The molecule has 1 saturated carbocycles. The van der Waals surface area contributed by atoms with Gasteiger partial charge in [-0.25, -0.2) is 0 Å². The van der Waals surface area contributed by atoms with E-state index >= 15 is 0 Å². The zero-order valence-electron chi connectivity index (χ0n) is 11.3. The van der Waals surface area contributed by atoms with Crippen molar-refractivity contribution in [1.29, 1.82) is 0 Å². The highest BCUT2D eigenvalue weighted by molar-refractivity contribution is 5.79. The standard InChI is InChI=1S/C14H23NO4/c16-13(17)9-10-1-3-12(4-2-10)15-14(18)11-5-7-19-8-6-11/h10-12H,1-9H2,(H,15,18)(H,16,17). The predicted molar refractivity (Wildman–Crippen MR) is 69.7 cm³/mol. The highest BCUT2D eigenvalue weighted by Crippen LogP contribution is 2.27. The van der Waals surface area contributed by atoms with E-state index in [0.717, 1.165) is 38.5 Å². The molecule has 2 aliphatic rings. The lowest BCUT2D eigenvalue weighted by atomic mass is 9.84. The Morgan fingerprint density at radius 3 is 2.26 bits per heavy atom. The minimum absolute atomic E-state index is 0.102. The fourth-order valence-electron chi connectivity index (χ4n) is 3.04.